The molecule has 4 heteroatoms. The largest absolute Gasteiger partial charge is 1.00 e. The van der Waals surface area contributed by atoms with Crippen molar-refractivity contribution >= 4 is 28.6 Å². The van der Waals surface area contributed by atoms with Crippen LogP contribution in [0.3, 0.4) is 0 Å². The van der Waals surface area contributed by atoms with Gasteiger partial charge in [-0.25, -0.2) is 4.57 Å². The second-order valence-electron chi connectivity index (χ2n) is 4.74. The number of allylic oxidation sites excluding steroid dienone is 1. The molecule has 0 aliphatic rings. The number of carbonyl (C=O) groups excluding carboxylic acids is 1. The van der Waals surface area contributed by atoms with Gasteiger partial charge >= 0.3 is 0 Å². The van der Waals surface area contributed by atoms with Crippen LogP contribution in [0.5, 0.6) is 0 Å². The average molecular weight is 311 g/mol. The van der Waals surface area contributed by atoms with Crippen LogP contribution < -0.4 is 22.7 Å². The van der Waals surface area contributed by atoms with E-state index in [9.17, 15) is 4.79 Å². The van der Waals surface area contributed by atoms with Gasteiger partial charge in [-0.05, 0) is 16.8 Å². The van der Waals surface area contributed by atoms with Gasteiger partial charge in [0.15, 0.2) is 5.78 Å². The number of anilines is 1. The lowest BCUT2D eigenvalue weighted by Crippen LogP contribution is -3.00. The van der Waals surface area contributed by atoms with E-state index < -0.39 is 0 Å². The standard InChI is InChI=1S/C18H14N2O.ClH/c19-18-10-3-4-12-20(18)13-11-17(21)16-9-5-7-14-6-1-2-8-15(14)16;/h1-13,19H;1H. The molecule has 2 aromatic carbocycles. The number of carbonyl (C=O) groups is 1. The van der Waals surface area contributed by atoms with Crippen LogP contribution in [0.2, 0.25) is 0 Å². The number of nitrogens with two attached hydrogens (primary N) is 1. The van der Waals surface area contributed by atoms with E-state index in [0.717, 1.165) is 10.8 Å². The molecule has 0 radical (unpaired) electrons. The number of halogens is 1. The van der Waals surface area contributed by atoms with Gasteiger partial charge in [-0.3, -0.25) is 10.5 Å². The maximum atomic E-state index is 12.4. The van der Waals surface area contributed by atoms with Crippen molar-refractivity contribution in [1.82, 2.24) is 0 Å². The summed E-state index contributed by atoms with van der Waals surface area (Å²) in [5, 5.41) is 2.02. The average Bonchev–Trinajstić information content (AvgIpc) is 2.53. The molecule has 22 heavy (non-hydrogen) atoms. The first-order valence-electron chi connectivity index (χ1n) is 6.71. The third kappa shape index (κ3) is 3.15. The quantitative estimate of drug-likeness (QED) is 0.423. The molecular formula is C18H15ClN2O. The van der Waals surface area contributed by atoms with Crippen LogP contribution in [-0.2, 0) is 0 Å². The lowest BCUT2D eigenvalue weighted by molar-refractivity contribution is -0.552. The summed E-state index contributed by atoms with van der Waals surface area (Å²) in [5.41, 5.74) is 6.53. The Bertz CT molecular complexity index is 838. The SMILES string of the molecule is Nc1cccc[n+]1C=CC(=O)c1cccc2ccccc12.[Cl-]. The van der Waals surface area contributed by atoms with Gasteiger partial charge in [0.25, 0.3) is 5.82 Å². The van der Waals surface area contributed by atoms with E-state index in [1.165, 1.54) is 6.08 Å². The molecular weight excluding hydrogens is 296 g/mol. The summed E-state index contributed by atoms with van der Waals surface area (Å²) in [5.74, 6) is 0.544. The number of fused-ring (bicyclic) bond motifs is 1. The predicted molar refractivity (Wildman–Crippen MR) is 84.7 cm³/mol. The van der Waals surface area contributed by atoms with Crippen molar-refractivity contribution in [2.75, 3.05) is 5.73 Å². The number of hydrogen-bond donors (Lipinski definition) is 1. The number of nitrogens with zero attached hydrogens (tertiary/aromatic N) is 1. The maximum absolute atomic E-state index is 12.4. The Balaban J connectivity index is 0.00000176. The molecule has 0 aliphatic heterocycles. The molecule has 0 spiro atoms. The van der Waals surface area contributed by atoms with E-state index in [0.29, 0.717) is 11.4 Å². The Hall–Kier alpha value is -2.65. The second kappa shape index (κ2) is 6.87. The number of nitrogen functional groups attached to an aromatic ring is 1. The van der Waals surface area contributed by atoms with Crippen molar-refractivity contribution in [2.45, 2.75) is 0 Å². The van der Waals surface area contributed by atoms with Crippen LogP contribution in [0.1, 0.15) is 10.4 Å². The van der Waals surface area contributed by atoms with Gasteiger partial charge in [0.05, 0.1) is 12.4 Å². The van der Waals surface area contributed by atoms with E-state index in [2.05, 4.69) is 0 Å². The number of pyridine rings is 1. The van der Waals surface area contributed by atoms with Crippen LogP contribution in [0.15, 0.2) is 72.9 Å². The molecule has 3 aromatic rings. The van der Waals surface area contributed by atoms with Crippen LogP contribution in [0.25, 0.3) is 17.0 Å². The van der Waals surface area contributed by atoms with Crippen LogP contribution in [0, 0.1) is 0 Å². The number of aromatic nitrogens is 1. The topological polar surface area (TPSA) is 47.0 Å². The molecule has 3 nitrogen and oxygen atoms in total. The molecule has 1 aromatic heterocycles. The minimum atomic E-state index is -0.0393. The fourth-order valence-electron chi connectivity index (χ4n) is 2.28. The fraction of sp³-hybridized carbons (Fsp3) is 0. The molecule has 0 saturated heterocycles. The van der Waals surface area contributed by atoms with E-state index in [4.69, 9.17) is 5.73 Å². The van der Waals surface area contributed by atoms with Crippen molar-refractivity contribution in [3.05, 3.63) is 78.5 Å². The normalized spacial score (nSPS) is 10.5. The maximum Gasteiger partial charge on any atom is 0.276 e. The van der Waals surface area contributed by atoms with Crippen LogP contribution >= 0.6 is 0 Å². The summed E-state index contributed by atoms with van der Waals surface area (Å²) < 4.78 is 1.71. The Morgan fingerprint density at radius 3 is 2.50 bits per heavy atom. The predicted octanol–water partition coefficient (Wildman–Crippen LogP) is 0.0671. The number of hydrogen-bond acceptors (Lipinski definition) is 2. The highest BCUT2D eigenvalue weighted by Gasteiger charge is 2.07. The van der Waals surface area contributed by atoms with Gasteiger partial charge in [0.2, 0.25) is 0 Å². The van der Waals surface area contributed by atoms with Crippen LogP contribution in [-0.4, -0.2) is 5.78 Å². The number of ketones is 1. The molecule has 0 atom stereocenters. The summed E-state index contributed by atoms with van der Waals surface area (Å²) in [7, 11) is 0. The summed E-state index contributed by atoms with van der Waals surface area (Å²) in [6, 6.07) is 19.1. The zero-order chi connectivity index (χ0) is 14.7. The first-order valence-corrected chi connectivity index (χ1v) is 6.71. The Labute approximate surface area is 135 Å². The van der Waals surface area contributed by atoms with Gasteiger partial charge in [-0.2, -0.15) is 0 Å². The molecule has 0 bridgehead atoms. The monoisotopic (exact) mass is 310 g/mol. The molecule has 1 heterocycles. The minimum Gasteiger partial charge on any atom is -1.00 e. The van der Waals surface area contributed by atoms with Crippen molar-refractivity contribution in [3.8, 4) is 0 Å². The summed E-state index contributed by atoms with van der Waals surface area (Å²) >= 11 is 0. The highest BCUT2D eigenvalue weighted by atomic mass is 35.5. The minimum absolute atomic E-state index is 0. The Morgan fingerprint density at radius 2 is 1.68 bits per heavy atom. The smallest absolute Gasteiger partial charge is 0.276 e. The lowest BCUT2D eigenvalue weighted by atomic mass is 10.0. The zero-order valence-electron chi connectivity index (χ0n) is 11.8. The lowest BCUT2D eigenvalue weighted by Gasteiger charge is -2.02. The molecule has 0 saturated carbocycles. The van der Waals surface area contributed by atoms with Crippen molar-refractivity contribution in [1.29, 1.82) is 0 Å². The van der Waals surface area contributed by atoms with Gasteiger partial charge < -0.3 is 12.4 Å². The van der Waals surface area contributed by atoms with Gasteiger partial charge in [-0.15, -0.1) is 0 Å². The third-order valence-corrected chi connectivity index (χ3v) is 3.36. The van der Waals surface area contributed by atoms with E-state index in [1.54, 1.807) is 16.8 Å². The molecule has 0 amide bonds. The molecule has 0 unspecified atom stereocenters. The zero-order valence-corrected chi connectivity index (χ0v) is 12.6. The van der Waals surface area contributed by atoms with Gasteiger partial charge in [-0.1, -0.05) is 48.5 Å². The third-order valence-electron chi connectivity index (χ3n) is 3.36. The highest BCUT2D eigenvalue weighted by molar-refractivity contribution is 6.14. The first-order chi connectivity index (χ1) is 10.3. The van der Waals surface area contributed by atoms with E-state index >= 15 is 0 Å². The van der Waals surface area contributed by atoms with Crippen molar-refractivity contribution < 1.29 is 21.8 Å². The Morgan fingerprint density at radius 1 is 0.955 bits per heavy atom. The molecule has 0 fully saturated rings. The molecule has 3 rings (SSSR count). The highest BCUT2D eigenvalue weighted by Crippen LogP contribution is 2.19. The van der Waals surface area contributed by atoms with E-state index in [-0.39, 0.29) is 18.2 Å². The van der Waals surface area contributed by atoms with Gasteiger partial charge in [0.1, 0.15) is 0 Å². The summed E-state index contributed by atoms with van der Waals surface area (Å²) in [6.45, 7) is 0. The van der Waals surface area contributed by atoms with Crippen molar-refractivity contribution in [3.63, 3.8) is 0 Å². The fourth-order valence-corrected chi connectivity index (χ4v) is 2.28. The molecule has 110 valence electrons. The molecule has 0 aliphatic carbocycles. The number of rotatable bonds is 3. The number of benzene rings is 2. The van der Waals surface area contributed by atoms with Gasteiger partial charge in [0, 0.05) is 17.7 Å². The Kier molecular flexibility index (Phi) is 4.92. The van der Waals surface area contributed by atoms with E-state index in [1.807, 2.05) is 60.8 Å². The summed E-state index contributed by atoms with van der Waals surface area (Å²) in [4.78, 5) is 12.4. The summed E-state index contributed by atoms with van der Waals surface area (Å²) in [6.07, 6.45) is 5.03. The van der Waals surface area contributed by atoms with Crippen LogP contribution in [0.4, 0.5) is 5.82 Å². The van der Waals surface area contributed by atoms with Crippen molar-refractivity contribution in [2.24, 2.45) is 0 Å². The first kappa shape index (κ1) is 15.7. The second-order valence-corrected chi connectivity index (χ2v) is 4.74. The molecule has 2 N–H and O–H groups in total.